The third-order valence-corrected chi connectivity index (χ3v) is 4.33. The van der Waals surface area contributed by atoms with Crippen LogP contribution in [0, 0.1) is 0 Å². The lowest BCUT2D eigenvalue weighted by atomic mass is 10.1. The Bertz CT molecular complexity index is 708. The number of anilines is 1. The number of rotatable bonds is 5. The van der Waals surface area contributed by atoms with Crippen LogP contribution in [0.15, 0.2) is 78.2 Å². The van der Waals surface area contributed by atoms with Gasteiger partial charge in [-0.05, 0) is 29.1 Å². The lowest BCUT2D eigenvalue weighted by molar-refractivity contribution is -0.118. The molecule has 0 bridgehead atoms. The van der Waals surface area contributed by atoms with E-state index >= 15 is 0 Å². The molecule has 0 atom stereocenters. The molecule has 110 valence electrons. The molecule has 0 N–H and O–H groups in total. The van der Waals surface area contributed by atoms with Crippen LogP contribution >= 0.6 is 11.3 Å². The van der Waals surface area contributed by atoms with Crippen molar-refractivity contribution in [1.29, 1.82) is 0 Å². The first-order chi connectivity index (χ1) is 10.8. The number of nitrogens with zero attached hydrogens (tertiary/aromatic N) is 1. The van der Waals surface area contributed by atoms with E-state index in [1.54, 1.807) is 11.3 Å². The molecule has 1 amide bonds. The second-order valence-electron chi connectivity index (χ2n) is 5.06. The van der Waals surface area contributed by atoms with Crippen LogP contribution in [0.2, 0.25) is 0 Å². The Hall–Kier alpha value is -2.39. The predicted octanol–water partition coefficient (Wildman–Crippen LogP) is 4.52. The lowest BCUT2D eigenvalue weighted by Gasteiger charge is -2.23. The summed E-state index contributed by atoms with van der Waals surface area (Å²) in [5, 5.41) is 2.01. The van der Waals surface area contributed by atoms with Gasteiger partial charge in [0.2, 0.25) is 5.91 Å². The summed E-state index contributed by atoms with van der Waals surface area (Å²) in [4.78, 5) is 15.7. The van der Waals surface area contributed by atoms with Crippen molar-refractivity contribution in [2.45, 2.75) is 13.0 Å². The maximum absolute atomic E-state index is 12.7. The van der Waals surface area contributed by atoms with E-state index in [0.717, 1.165) is 16.1 Å². The van der Waals surface area contributed by atoms with Crippen molar-refractivity contribution in [3.63, 3.8) is 0 Å². The second-order valence-corrected chi connectivity index (χ2v) is 6.09. The predicted molar refractivity (Wildman–Crippen MR) is 92.1 cm³/mol. The first-order valence-electron chi connectivity index (χ1n) is 7.24. The molecule has 0 aliphatic carbocycles. The number of carbonyl (C=O) groups excluding carboxylic acids is 1. The van der Waals surface area contributed by atoms with E-state index in [2.05, 4.69) is 0 Å². The SMILES string of the molecule is O=C(Cc1cccs1)N(Cc1ccccc1)c1ccccc1. The van der Waals surface area contributed by atoms with Gasteiger partial charge in [0.15, 0.2) is 0 Å². The molecule has 22 heavy (non-hydrogen) atoms. The highest BCUT2D eigenvalue weighted by atomic mass is 32.1. The van der Waals surface area contributed by atoms with Crippen LogP contribution in [0.4, 0.5) is 5.69 Å². The molecule has 0 unspecified atom stereocenters. The van der Waals surface area contributed by atoms with Crippen molar-refractivity contribution in [2.75, 3.05) is 4.90 Å². The Morgan fingerprint density at radius 3 is 2.18 bits per heavy atom. The van der Waals surface area contributed by atoms with Gasteiger partial charge in [0.25, 0.3) is 0 Å². The van der Waals surface area contributed by atoms with Gasteiger partial charge >= 0.3 is 0 Å². The van der Waals surface area contributed by atoms with Gasteiger partial charge < -0.3 is 4.90 Å². The largest absolute Gasteiger partial charge is 0.308 e. The third-order valence-electron chi connectivity index (χ3n) is 3.46. The van der Waals surface area contributed by atoms with Gasteiger partial charge in [-0.25, -0.2) is 0 Å². The number of benzene rings is 2. The minimum Gasteiger partial charge on any atom is -0.308 e. The summed E-state index contributed by atoms with van der Waals surface area (Å²) in [5.74, 6) is 0.123. The summed E-state index contributed by atoms with van der Waals surface area (Å²) in [5.41, 5.74) is 2.07. The molecule has 0 aliphatic heterocycles. The molecule has 0 spiro atoms. The molecule has 0 saturated carbocycles. The molecule has 0 aliphatic rings. The molecule has 0 fully saturated rings. The van der Waals surface area contributed by atoms with E-state index in [4.69, 9.17) is 0 Å². The van der Waals surface area contributed by atoms with Crippen LogP contribution in [0.1, 0.15) is 10.4 Å². The quantitative estimate of drug-likeness (QED) is 0.678. The van der Waals surface area contributed by atoms with E-state index in [-0.39, 0.29) is 5.91 Å². The fraction of sp³-hybridized carbons (Fsp3) is 0.105. The number of amides is 1. The molecular formula is C19H17NOS. The zero-order valence-corrected chi connectivity index (χ0v) is 13.0. The van der Waals surface area contributed by atoms with E-state index in [1.165, 1.54) is 0 Å². The Morgan fingerprint density at radius 2 is 1.55 bits per heavy atom. The number of hydrogen-bond acceptors (Lipinski definition) is 2. The summed E-state index contributed by atoms with van der Waals surface area (Å²) in [6, 6.07) is 23.9. The zero-order chi connectivity index (χ0) is 15.2. The van der Waals surface area contributed by atoms with Crippen LogP contribution in [-0.4, -0.2) is 5.91 Å². The third kappa shape index (κ3) is 3.62. The van der Waals surface area contributed by atoms with Gasteiger partial charge in [-0.1, -0.05) is 54.6 Å². The Kier molecular flexibility index (Phi) is 4.66. The minimum atomic E-state index is 0.123. The van der Waals surface area contributed by atoms with Crippen LogP contribution < -0.4 is 4.90 Å². The lowest BCUT2D eigenvalue weighted by Crippen LogP contribution is -2.31. The first kappa shape index (κ1) is 14.5. The average Bonchev–Trinajstić information content (AvgIpc) is 3.07. The molecule has 2 nitrogen and oxygen atoms in total. The fourth-order valence-electron chi connectivity index (χ4n) is 2.36. The smallest absolute Gasteiger partial charge is 0.232 e. The van der Waals surface area contributed by atoms with E-state index in [9.17, 15) is 4.79 Å². The van der Waals surface area contributed by atoms with Gasteiger partial charge in [0, 0.05) is 10.6 Å². The highest BCUT2D eigenvalue weighted by molar-refractivity contribution is 7.10. The molecule has 3 heteroatoms. The van der Waals surface area contributed by atoms with Gasteiger partial charge in [-0.15, -0.1) is 11.3 Å². The molecule has 2 aromatic carbocycles. The van der Waals surface area contributed by atoms with Crippen molar-refractivity contribution >= 4 is 22.9 Å². The number of carbonyl (C=O) groups is 1. The molecular weight excluding hydrogens is 290 g/mol. The summed E-state index contributed by atoms with van der Waals surface area (Å²) < 4.78 is 0. The molecule has 0 radical (unpaired) electrons. The minimum absolute atomic E-state index is 0.123. The topological polar surface area (TPSA) is 20.3 Å². The normalized spacial score (nSPS) is 10.4. The Balaban J connectivity index is 1.84. The Morgan fingerprint density at radius 1 is 0.864 bits per heavy atom. The molecule has 1 aromatic heterocycles. The fourth-order valence-corrected chi connectivity index (χ4v) is 3.05. The van der Waals surface area contributed by atoms with E-state index in [0.29, 0.717) is 13.0 Å². The molecule has 1 heterocycles. The summed E-state index contributed by atoms with van der Waals surface area (Å²) >= 11 is 1.62. The average molecular weight is 307 g/mol. The highest BCUT2D eigenvalue weighted by Crippen LogP contribution is 2.19. The van der Waals surface area contributed by atoms with Gasteiger partial charge in [0.1, 0.15) is 0 Å². The van der Waals surface area contributed by atoms with Crippen LogP contribution in [0.25, 0.3) is 0 Å². The molecule has 3 aromatic rings. The van der Waals surface area contributed by atoms with Crippen molar-refractivity contribution in [2.24, 2.45) is 0 Å². The molecule has 3 rings (SSSR count). The van der Waals surface area contributed by atoms with Crippen molar-refractivity contribution < 1.29 is 4.79 Å². The van der Waals surface area contributed by atoms with Crippen LogP contribution in [-0.2, 0) is 17.8 Å². The van der Waals surface area contributed by atoms with Crippen molar-refractivity contribution in [3.8, 4) is 0 Å². The number of para-hydroxylation sites is 1. The van der Waals surface area contributed by atoms with Gasteiger partial charge in [-0.2, -0.15) is 0 Å². The highest BCUT2D eigenvalue weighted by Gasteiger charge is 2.16. The number of thiophene rings is 1. The second kappa shape index (κ2) is 7.05. The van der Waals surface area contributed by atoms with Crippen molar-refractivity contribution in [1.82, 2.24) is 0 Å². The van der Waals surface area contributed by atoms with E-state index in [1.807, 2.05) is 83.1 Å². The number of hydrogen-bond donors (Lipinski definition) is 0. The van der Waals surface area contributed by atoms with E-state index < -0.39 is 0 Å². The summed E-state index contributed by atoms with van der Waals surface area (Å²) in [7, 11) is 0. The van der Waals surface area contributed by atoms with Crippen LogP contribution in [0.5, 0.6) is 0 Å². The van der Waals surface area contributed by atoms with Crippen LogP contribution in [0.3, 0.4) is 0 Å². The van der Waals surface area contributed by atoms with Gasteiger partial charge in [-0.3, -0.25) is 4.79 Å². The first-order valence-corrected chi connectivity index (χ1v) is 8.12. The Labute approximate surface area is 134 Å². The van der Waals surface area contributed by atoms with Crippen molar-refractivity contribution in [3.05, 3.63) is 88.6 Å². The monoisotopic (exact) mass is 307 g/mol. The standard InChI is InChI=1S/C19H17NOS/c21-19(14-18-12-7-13-22-18)20(17-10-5-2-6-11-17)15-16-8-3-1-4-9-16/h1-13H,14-15H2. The maximum Gasteiger partial charge on any atom is 0.232 e. The summed E-state index contributed by atoms with van der Waals surface area (Å²) in [6.45, 7) is 0.592. The molecule has 0 saturated heterocycles. The van der Waals surface area contributed by atoms with Gasteiger partial charge in [0.05, 0.1) is 13.0 Å². The zero-order valence-electron chi connectivity index (χ0n) is 12.2. The maximum atomic E-state index is 12.7. The summed E-state index contributed by atoms with van der Waals surface area (Å²) in [6.07, 6.45) is 0.444.